The van der Waals surface area contributed by atoms with Crippen LogP contribution < -0.4 is 10.1 Å². The summed E-state index contributed by atoms with van der Waals surface area (Å²) in [5.74, 6) is 0.974. The third kappa shape index (κ3) is 4.37. The van der Waals surface area contributed by atoms with Crippen LogP contribution in [0.3, 0.4) is 0 Å². The predicted octanol–water partition coefficient (Wildman–Crippen LogP) is 3.85. The molecule has 0 spiro atoms. The molecule has 0 bridgehead atoms. The predicted molar refractivity (Wildman–Crippen MR) is 118 cm³/mol. The number of methoxy groups -OCH3 is 1. The number of halogens is 1. The molecule has 2 heterocycles. The van der Waals surface area contributed by atoms with Crippen molar-refractivity contribution < 1.29 is 13.2 Å². The maximum atomic E-state index is 13.3. The molecule has 31 heavy (non-hydrogen) atoms. The largest absolute Gasteiger partial charge is 0.496 e. The third-order valence-corrected chi connectivity index (χ3v) is 6.30. The highest BCUT2D eigenvalue weighted by Gasteiger charge is 2.25. The van der Waals surface area contributed by atoms with Crippen LogP contribution in [0.5, 0.6) is 5.75 Å². The molecule has 0 saturated heterocycles. The van der Waals surface area contributed by atoms with Gasteiger partial charge in [0.25, 0.3) is 10.0 Å². The van der Waals surface area contributed by atoms with Gasteiger partial charge in [-0.05, 0) is 42.5 Å². The van der Waals surface area contributed by atoms with Gasteiger partial charge < -0.3 is 10.1 Å². The molecule has 0 fully saturated rings. The van der Waals surface area contributed by atoms with Crippen molar-refractivity contribution in [1.29, 1.82) is 0 Å². The Labute approximate surface area is 184 Å². The van der Waals surface area contributed by atoms with Crippen molar-refractivity contribution in [1.82, 2.24) is 19.2 Å². The summed E-state index contributed by atoms with van der Waals surface area (Å²) in [6, 6.07) is 16.8. The van der Waals surface area contributed by atoms with Crippen LogP contribution in [0.25, 0.3) is 11.4 Å². The first-order valence-electron chi connectivity index (χ1n) is 9.23. The number of benzene rings is 2. The van der Waals surface area contributed by atoms with E-state index < -0.39 is 10.0 Å². The van der Waals surface area contributed by atoms with E-state index in [1.165, 1.54) is 24.3 Å². The van der Waals surface area contributed by atoms with Crippen molar-refractivity contribution in [3.05, 3.63) is 83.6 Å². The molecule has 0 aliphatic rings. The lowest BCUT2D eigenvalue weighted by Gasteiger charge is -2.11. The van der Waals surface area contributed by atoms with Gasteiger partial charge in [0.2, 0.25) is 5.95 Å². The molecule has 0 radical (unpaired) electrons. The Hall–Kier alpha value is -3.43. The Balaban J connectivity index is 1.76. The van der Waals surface area contributed by atoms with E-state index in [9.17, 15) is 8.42 Å². The Morgan fingerprint density at radius 1 is 1.06 bits per heavy atom. The first-order valence-corrected chi connectivity index (χ1v) is 11.1. The first-order chi connectivity index (χ1) is 15.0. The lowest BCUT2D eigenvalue weighted by atomic mass is 10.2. The fourth-order valence-electron chi connectivity index (χ4n) is 2.92. The Kier molecular flexibility index (Phi) is 5.88. The van der Waals surface area contributed by atoms with Crippen molar-refractivity contribution in [2.24, 2.45) is 0 Å². The van der Waals surface area contributed by atoms with Gasteiger partial charge >= 0.3 is 0 Å². The summed E-state index contributed by atoms with van der Waals surface area (Å²) < 4.78 is 32.8. The average Bonchev–Trinajstić information content (AvgIpc) is 3.24. The van der Waals surface area contributed by atoms with E-state index in [1.807, 2.05) is 24.3 Å². The summed E-state index contributed by atoms with van der Waals surface area (Å²) >= 11 is 5.91. The van der Waals surface area contributed by atoms with Crippen molar-refractivity contribution in [2.75, 3.05) is 12.4 Å². The molecule has 0 unspecified atom stereocenters. The standard InChI is InChI=1S/C21H18ClN5O3S/c1-30-19-7-3-2-5-15(19)14-24-21-25-20(16-6-4-12-23-13-16)26-27(21)31(28,29)18-10-8-17(22)9-11-18/h2-13H,14H2,1H3,(H,24,25,26). The lowest BCUT2D eigenvalue weighted by Crippen LogP contribution is -2.18. The fraction of sp³-hybridized carbons (Fsp3) is 0.0952. The van der Waals surface area contributed by atoms with E-state index in [0.29, 0.717) is 16.3 Å². The first kappa shape index (κ1) is 20.8. The fourth-order valence-corrected chi connectivity index (χ4v) is 4.24. The molecule has 0 aliphatic heterocycles. The molecule has 158 valence electrons. The van der Waals surface area contributed by atoms with Gasteiger partial charge in [0.1, 0.15) is 5.75 Å². The van der Waals surface area contributed by atoms with Gasteiger partial charge in [0.05, 0.1) is 12.0 Å². The molecular formula is C21H18ClN5O3S. The van der Waals surface area contributed by atoms with Gasteiger partial charge in [-0.1, -0.05) is 29.8 Å². The Morgan fingerprint density at radius 2 is 1.84 bits per heavy atom. The zero-order chi connectivity index (χ0) is 21.8. The summed E-state index contributed by atoms with van der Waals surface area (Å²) in [4.78, 5) is 8.51. The molecule has 1 N–H and O–H groups in total. The molecule has 0 atom stereocenters. The highest BCUT2D eigenvalue weighted by Crippen LogP contribution is 2.24. The van der Waals surface area contributed by atoms with Gasteiger partial charge in [0.15, 0.2) is 5.82 Å². The van der Waals surface area contributed by atoms with E-state index in [2.05, 4.69) is 20.4 Å². The Bertz CT molecular complexity index is 1290. The highest BCUT2D eigenvalue weighted by molar-refractivity contribution is 7.90. The quantitative estimate of drug-likeness (QED) is 0.451. The van der Waals surface area contributed by atoms with Gasteiger partial charge in [0, 0.05) is 35.1 Å². The molecule has 10 heteroatoms. The van der Waals surface area contributed by atoms with Crippen LogP contribution in [-0.2, 0) is 16.6 Å². The van der Waals surface area contributed by atoms with Crippen molar-refractivity contribution in [3.8, 4) is 17.1 Å². The number of hydrogen-bond acceptors (Lipinski definition) is 7. The number of rotatable bonds is 7. The van der Waals surface area contributed by atoms with E-state index in [4.69, 9.17) is 16.3 Å². The minimum absolute atomic E-state index is 0.0416. The number of nitrogens with one attached hydrogen (secondary N) is 1. The number of nitrogens with zero attached hydrogens (tertiary/aromatic N) is 4. The maximum Gasteiger partial charge on any atom is 0.286 e. The van der Waals surface area contributed by atoms with Crippen molar-refractivity contribution in [3.63, 3.8) is 0 Å². The van der Waals surface area contributed by atoms with Crippen molar-refractivity contribution in [2.45, 2.75) is 11.4 Å². The summed E-state index contributed by atoms with van der Waals surface area (Å²) in [6.07, 6.45) is 3.18. The normalized spacial score (nSPS) is 11.3. The number of ether oxygens (including phenoxy) is 1. The summed E-state index contributed by atoms with van der Waals surface area (Å²) in [7, 11) is -2.45. The summed E-state index contributed by atoms with van der Waals surface area (Å²) in [5, 5.41) is 7.76. The van der Waals surface area contributed by atoms with Crippen LogP contribution in [-0.4, -0.2) is 34.7 Å². The number of para-hydroxylation sites is 1. The monoisotopic (exact) mass is 455 g/mol. The molecule has 4 rings (SSSR count). The molecular weight excluding hydrogens is 438 g/mol. The van der Waals surface area contributed by atoms with Crippen LogP contribution >= 0.6 is 11.6 Å². The number of hydrogen-bond donors (Lipinski definition) is 1. The average molecular weight is 456 g/mol. The van der Waals surface area contributed by atoms with Gasteiger partial charge in [-0.15, -0.1) is 9.19 Å². The molecule has 0 aliphatic carbocycles. The van der Waals surface area contributed by atoms with Crippen LogP contribution in [0.15, 0.2) is 78.0 Å². The van der Waals surface area contributed by atoms with E-state index >= 15 is 0 Å². The van der Waals surface area contributed by atoms with Gasteiger partial charge in [-0.3, -0.25) is 4.98 Å². The highest BCUT2D eigenvalue weighted by atomic mass is 35.5. The second kappa shape index (κ2) is 8.75. The SMILES string of the molecule is COc1ccccc1CNc1nc(-c2cccnc2)nn1S(=O)(=O)c1ccc(Cl)cc1. The number of anilines is 1. The smallest absolute Gasteiger partial charge is 0.286 e. The maximum absolute atomic E-state index is 13.3. The summed E-state index contributed by atoms with van der Waals surface area (Å²) in [5.41, 5.74) is 1.43. The Morgan fingerprint density at radius 3 is 2.55 bits per heavy atom. The zero-order valence-corrected chi connectivity index (χ0v) is 18.0. The van der Waals surface area contributed by atoms with Crippen molar-refractivity contribution >= 4 is 27.6 Å². The molecule has 2 aromatic heterocycles. The van der Waals surface area contributed by atoms with Crippen LogP contribution in [0.4, 0.5) is 5.95 Å². The van der Waals surface area contributed by atoms with Crippen LogP contribution in [0.2, 0.25) is 5.02 Å². The third-order valence-electron chi connectivity index (χ3n) is 4.47. The molecule has 4 aromatic rings. The van der Waals surface area contributed by atoms with Gasteiger partial charge in [-0.25, -0.2) is 0 Å². The number of aromatic nitrogens is 4. The molecule has 8 nitrogen and oxygen atoms in total. The number of pyridine rings is 1. The molecule has 0 saturated carbocycles. The topological polar surface area (TPSA) is 99.0 Å². The molecule has 2 aromatic carbocycles. The van der Waals surface area contributed by atoms with Crippen LogP contribution in [0.1, 0.15) is 5.56 Å². The van der Waals surface area contributed by atoms with Crippen LogP contribution in [0, 0.1) is 0 Å². The minimum Gasteiger partial charge on any atom is -0.496 e. The van der Waals surface area contributed by atoms with E-state index in [0.717, 1.165) is 9.65 Å². The zero-order valence-electron chi connectivity index (χ0n) is 16.4. The van der Waals surface area contributed by atoms with Gasteiger partial charge in [-0.2, -0.15) is 13.4 Å². The van der Waals surface area contributed by atoms with E-state index in [1.54, 1.807) is 31.6 Å². The summed E-state index contributed by atoms with van der Waals surface area (Å²) in [6.45, 7) is 0.283. The second-order valence-electron chi connectivity index (χ2n) is 6.47. The minimum atomic E-state index is -4.02. The lowest BCUT2D eigenvalue weighted by molar-refractivity contribution is 0.410. The molecule has 0 amide bonds. The van der Waals surface area contributed by atoms with E-state index in [-0.39, 0.29) is 23.2 Å². The second-order valence-corrected chi connectivity index (χ2v) is 8.67.